The van der Waals surface area contributed by atoms with Crippen LogP contribution in [0.4, 0.5) is 0 Å². The van der Waals surface area contributed by atoms with Gasteiger partial charge in [0.2, 0.25) is 0 Å². The van der Waals surface area contributed by atoms with Gasteiger partial charge >= 0.3 is 5.97 Å². The van der Waals surface area contributed by atoms with E-state index in [1.807, 2.05) is 5.48 Å². The molecule has 3 N–H and O–H groups in total. The number of carbonyl (C=O) groups is 2. The molecule has 50 valence electrons. The van der Waals surface area contributed by atoms with E-state index in [0.29, 0.717) is 0 Å². The van der Waals surface area contributed by atoms with Crippen molar-refractivity contribution in [3.63, 3.8) is 0 Å². The van der Waals surface area contributed by atoms with Gasteiger partial charge in [-0.15, -0.1) is 0 Å². The van der Waals surface area contributed by atoms with Crippen LogP contribution in [0.5, 0.6) is 0 Å². The van der Waals surface area contributed by atoms with E-state index >= 15 is 0 Å². The number of nitrogens with two attached hydrogens (primary N) is 1. The molecule has 0 spiro atoms. The molecule has 1 aliphatic rings. The van der Waals surface area contributed by atoms with Crippen molar-refractivity contribution in [3.05, 3.63) is 0 Å². The van der Waals surface area contributed by atoms with Crippen molar-refractivity contribution >= 4 is 11.9 Å². The summed E-state index contributed by atoms with van der Waals surface area (Å²) in [5.74, 6) is -1.85. The molecule has 5 heteroatoms. The molecule has 1 amide bonds. The topological polar surface area (TPSA) is 81.4 Å². The molecule has 1 unspecified atom stereocenters. The molecular weight excluding hydrogens is 124 g/mol. The van der Waals surface area contributed by atoms with Crippen LogP contribution in [0.2, 0.25) is 0 Å². The third-order valence-electron chi connectivity index (χ3n) is 1.09. The summed E-state index contributed by atoms with van der Waals surface area (Å²) in [5.41, 5.74) is 6.95. The molecule has 0 aromatic carbocycles. The van der Waals surface area contributed by atoms with Crippen molar-refractivity contribution in [3.8, 4) is 0 Å². The van der Waals surface area contributed by atoms with E-state index in [-0.39, 0.29) is 6.54 Å². The molecule has 0 aromatic rings. The van der Waals surface area contributed by atoms with Crippen molar-refractivity contribution < 1.29 is 14.4 Å². The predicted octanol–water partition coefficient (Wildman–Crippen LogP) is -1.85. The highest BCUT2D eigenvalue weighted by Gasteiger charge is 2.34. The fraction of sp³-hybridized carbons (Fsp3) is 0.500. The summed E-state index contributed by atoms with van der Waals surface area (Å²) in [5, 5.41) is 0. The summed E-state index contributed by atoms with van der Waals surface area (Å²) in [4.78, 5) is 25.1. The van der Waals surface area contributed by atoms with Gasteiger partial charge in [0.25, 0.3) is 5.91 Å². The average Bonchev–Trinajstić information content (AvgIpc) is 2.12. The van der Waals surface area contributed by atoms with Gasteiger partial charge < -0.3 is 10.6 Å². The Morgan fingerprint density at radius 2 is 2.33 bits per heavy atom. The van der Waals surface area contributed by atoms with Crippen molar-refractivity contribution in [2.24, 2.45) is 11.7 Å². The second kappa shape index (κ2) is 2.02. The fourth-order valence-electron chi connectivity index (χ4n) is 0.553. The lowest BCUT2D eigenvalue weighted by atomic mass is 10.1. The van der Waals surface area contributed by atoms with Crippen LogP contribution in [0.25, 0.3) is 0 Å². The van der Waals surface area contributed by atoms with Crippen LogP contribution in [0.1, 0.15) is 0 Å². The van der Waals surface area contributed by atoms with E-state index in [0.717, 1.165) is 0 Å². The number of amides is 1. The number of carbonyl (C=O) groups excluding carboxylic acids is 2. The van der Waals surface area contributed by atoms with E-state index in [9.17, 15) is 9.59 Å². The number of hydrogen-bond donors (Lipinski definition) is 2. The van der Waals surface area contributed by atoms with Crippen LogP contribution in [0.15, 0.2) is 0 Å². The number of nitrogens with one attached hydrogen (secondary N) is 1. The SMILES string of the molecule is NCC1C(=O)NOC1=O. The maximum Gasteiger partial charge on any atom is 0.346 e. The normalized spacial score (nSPS) is 25.7. The molecule has 5 nitrogen and oxygen atoms in total. The second-order valence-electron chi connectivity index (χ2n) is 1.68. The lowest BCUT2D eigenvalue weighted by Crippen LogP contribution is -2.27. The molecule has 1 rings (SSSR count). The summed E-state index contributed by atoms with van der Waals surface area (Å²) in [7, 11) is 0. The van der Waals surface area contributed by atoms with Crippen LogP contribution in [-0.2, 0) is 14.4 Å². The molecule has 0 radical (unpaired) electrons. The van der Waals surface area contributed by atoms with E-state index in [2.05, 4.69) is 4.84 Å². The molecule has 1 saturated heterocycles. The van der Waals surface area contributed by atoms with Crippen LogP contribution >= 0.6 is 0 Å². The Balaban J connectivity index is 2.66. The molecule has 0 aliphatic carbocycles. The van der Waals surface area contributed by atoms with Gasteiger partial charge in [-0.05, 0) is 0 Å². The van der Waals surface area contributed by atoms with E-state index in [4.69, 9.17) is 5.73 Å². The molecule has 0 bridgehead atoms. The fourth-order valence-corrected chi connectivity index (χ4v) is 0.553. The van der Waals surface area contributed by atoms with Gasteiger partial charge in [0, 0.05) is 6.54 Å². The van der Waals surface area contributed by atoms with Gasteiger partial charge in [-0.1, -0.05) is 0 Å². The molecule has 1 fully saturated rings. The molecule has 9 heavy (non-hydrogen) atoms. The zero-order chi connectivity index (χ0) is 6.85. The lowest BCUT2D eigenvalue weighted by Gasteiger charge is -1.91. The van der Waals surface area contributed by atoms with Crippen LogP contribution in [0, 0.1) is 5.92 Å². The minimum Gasteiger partial charge on any atom is -0.340 e. The number of hydrogen-bond acceptors (Lipinski definition) is 4. The highest BCUT2D eigenvalue weighted by molar-refractivity contribution is 6.01. The zero-order valence-electron chi connectivity index (χ0n) is 4.59. The third kappa shape index (κ3) is 0.857. The number of hydroxylamine groups is 1. The van der Waals surface area contributed by atoms with E-state index in [1.54, 1.807) is 0 Å². The first-order chi connectivity index (χ1) is 4.25. The van der Waals surface area contributed by atoms with E-state index < -0.39 is 17.8 Å². The quantitative estimate of drug-likeness (QED) is 0.408. The highest BCUT2D eigenvalue weighted by Crippen LogP contribution is 2.02. The molecule has 1 heterocycles. The Morgan fingerprint density at radius 3 is 2.56 bits per heavy atom. The Kier molecular flexibility index (Phi) is 1.35. The van der Waals surface area contributed by atoms with Gasteiger partial charge in [0.1, 0.15) is 0 Å². The highest BCUT2D eigenvalue weighted by atomic mass is 16.7. The zero-order valence-corrected chi connectivity index (χ0v) is 4.59. The van der Waals surface area contributed by atoms with Crippen molar-refractivity contribution in [2.75, 3.05) is 6.54 Å². The average molecular weight is 130 g/mol. The summed E-state index contributed by atoms with van der Waals surface area (Å²) >= 11 is 0. The molecule has 0 aromatic heterocycles. The molecular formula is C4H6N2O3. The lowest BCUT2D eigenvalue weighted by molar-refractivity contribution is -0.145. The van der Waals surface area contributed by atoms with Gasteiger partial charge in [0.05, 0.1) is 0 Å². The number of rotatable bonds is 1. The van der Waals surface area contributed by atoms with Crippen molar-refractivity contribution in [2.45, 2.75) is 0 Å². The Bertz CT molecular complexity index is 140. The first-order valence-electron chi connectivity index (χ1n) is 2.46. The Morgan fingerprint density at radius 1 is 1.67 bits per heavy atom. The smallest absolute Gasteiger partial charge is 0.340 e. The second-order valence-corrected chi connectivity index (χ2v) is 1.68. The Hall–Kier alpha value is -1.10. The van der Waals surface area contributed by atoms with Crippen LogP contribution in [0.3, 0.4) is 0 Å². The minimum atomic E-state index is -0.801. The first kappa shape index (κ1) is 6.03. The van der Waals surface area contributed by atoms with Gasteiger partial charge in [-0.25, -0.2) is 4.79 Å². The maximum absolute atomic E-state index is 10.5. The summed E-state index contributed by atoms with van der Waals surface area (Å²) in [6.45, 7) is 0.00463. The largest absolute Gasteiger partial charge is 0.346 e. The van der Waals surface area contributed by atoms with Gasteiger partial charge in [-0.3, -0.25) is 4.79 Å². The summed E-state index contributed by atoms with van der Waals surface area (Å²) in [6, 6.07) is 0. The molecule has 1 aliphatic heterocycles. The summed E-state index contributed by atoms with van der Waals surface area (Å²) < 4.78 is 0. The maximum atomic E-state index is 10.5. The molecule has 1 atom stereocenters. The van der Waals surface area contributed by atoms with E-state index in [1.165, 1.54) is 0 Å². The summed E-state index contributed by atoms with van der Waals surface area (Å²) in [6.07, 6.45) is 0. The van der Waals surface area contributed by atoms with Gasteiger partial charge in [-0.2, -0.15) is 5.48 Å². The van der Waals surface area contributed by atoms with Crippen molar-refractivity contribution in [1.29, 1.82) is 0 Å². The third-order valence-corrected chi connectivity index (χ3v) is 1.09. The molecule has 0 saturated carbocycles. The minimum absolute atomic E-state index is 0.00463. The van der Waals surface area contributed by atoms with Gasteiger partial charge in [0.15, 0.2) is 5.92 Å². The standard InChI is InChI=1S/C4H6N2O3/c5-1-2-3(7)6-9-4(2)8/h2H,1,5H2,(H,6,7). The first-order valence-corrected chi connectivity index (χ1v) is 2.46. The van der Waals surface area contributed by atoms with Crippen LogP contribution < -0.4 is 11.2 Å². The van der Waals surface area contributed by atoms with Crippen molar-refractivity contribution in [1.82, 2.24) is 5.48 Å². The van der Waals surface area contributed by atoms with Crippen LogP contribution in [-0.4, -0.2) is 18.4 Å². The Labute approximate surface area is 51.1 Å². The predicted molar refractivity (Wildman–Crippen MR) is 26.8 cm³/mol. The monoisotopic (exact) mass is 130 g/mol.